The van der Waals surface area contributed by atoms with Gasteiger partial charge in [0.25, 0.3) is 0 Å². The number of aliphatic hydroxyl groups excluding tert-OH is 1. The molecular weight excluding hydrogens is 286 g/mol. The van der Waals surface area contributed by atoms with Crippen molar-refractivity contribution in [1.29, 1.82) is 0 Å². The molecule has 1 unspecified atom stereocenters. The summed E-state index contributed by atoms with van der Waals surface area (Å²) in [6.07, 6.45) is 0. The van der Waals surface area contributed by atoms with Crippen LogP contribution in [0.2, 0.25) is 0 Å². The zero-order valence-electron chi connectivity index (χ0n) is 13.7. The molecular formula is C19H23N3O. The van der Waals surface area contributed by atoms with Crippen LogP contribution in [0.5, 0.6) is 0 Å². The second-order valence-corrected chi connectivity index (χ2v) is 5.95. The molecule has 0 spiro atoms. The summed E-state index contributed by atoms with van der Waals surface area (Å²) in [6, 6.07) is 16.9. The van der Waals surface area contributed by atoms with Gasteiger partial charge in [-0.05, 0) is 37.1 Å². The highest BCUT2D eigenvalue weighted by molar-refractivity contribution is 5.75. The Bertz CT molecular complexity index is 767. The largest absolute Gasteiger partial charge is 0.395 e. The standard InChI is InChI=1S/C19H23N3O/c1-14(17-8-9-18-19(12-17)21-15(2)20-18)22(10-11-23)13-16-6-4-3-5-7-16/h3-9,12,14,23H,10-11,13H2,1-2H3,(H,20,21). The number of aromatic nitrogens is 2. The van der Waals surface area contributed by atoms with Crippen molar-refractivity contribution in [3.05, 3.63) is 65.5 Å². The maximum Gasteiger partial charge on any atom is 0.104 e. The lowest BCUT2D eigenvalue weighted by Crippen LogP contribution is -2.29. The van der Waals surface area contributed by atoms with Crippen molar-refractivity contribution in [1.82, 2.24) is 14.9 Å². The van der Waals surface area contributed by atoms with Crippen LogP contribution in [-0.4, -0.2) is 33.1 Å². The minimum absolute atomic E-state index is 0.155. The van der Waals surface area contributed by atoms with Gasteiger partial charge in [0.05, 0.1) is 17.6 Å². The molecule has 1 atom stereocenters. The Morgan fingerprint density at radius 2 is 1.96 bits per heavy atom. The van der Waals surface area contributed by atoms with Gasteiger partial charge >= 0.3 is 0 Å². The molecule has 0 aliphatic carbocycles. The third-order valence-electron chi connectivity index (χ3n) is 4.27. The number of benzene rings is 2. The van der Waals surface area contributed by atoms with Crippen LogP contribution in [0, 0.1) is 6.92 Å². The number of hydrogen-bond donors (Lipinski definition) is 2. The van der Waals surface area contributed by atoms with E-state index in [0.29, 0.717) is 6.54 Å². The lowest BCUT2D eigenvalue weighted by molar-refractivity contribution is 0.151. The summed E-state index contributed by atoms with van der Waals surface area (Å²) in [6.45, 7) is 5.78. The predicted molar refractivity (Wildman–Crippen MR) is 93.2 cm³/mol. The van der Waals surface area contributed by atoms with Gasteiger partial charge in [-0.3, -0.25) is 4.90 Å². The average Bonchev–Trinajstić information content (AvgIpc) is 2.94. The second-order valence-electron chi connectivity index (χ2n) is 5.95. The first-order valence-electron chi connectivity index (χ1n) is 8.02. The van der Waals surface area contributed by atoms with Gasteiger partial charge in [0.1, 0.15) is 5.82 Å². The number of aliphatic hydroxyl groups is 1. The quantitative estimate of drug-likeness (QED) is 0.733. The van der Waals surface area contributed by atoms with Gasteiger partial charge in [0, 0.05) is 19.1 Å². The molecule has 0 aliphatic rings. The Hall–Kier alpha value is -2.17. The number of aryl methyl sites for hydroxylation is 1. The van der Waals surface area contributed by atoms with Crippen LogP contribution < -0.4 is 0 Å². The van der Waals surface area contributed by atoms with Gasteiger partial charge in [-0.15, -0.1) is 0 Å². The van der Waals surface area contributed by atoms with Crippen LogP contribution in [0.4, 0.5) is 0 Å². The summed E-state index contributed by atoms with van der Waals surface area (Å²) in [5, 5.41) is 9.43. The van der Waals surface area contributed by atoms with Crippen LogP contribution in [-0.2, 0) is 6.54 Å². The number of fused-ring (bicyclic) bond motifs is 1. The van der Waals surface area contributed by atoms with Crippen molar-refractivity contribution in [3.63, 3.8) is 0 Å². The summed E-state index contributed by atoms with van der Waals surface area (Å²) in [5.74, 6) is 0.932. The van der Waals surface area contributed by atoms with E-state index in [4.69, 9.17) is 0 Å². The molecule has 4 heteroatoms. The number of nitrogens with zero attached hydrogens (tertiary/aromatic N) is 2. The molecule has 0 aliphatic heterocycles. The number of aromatic amines is 1. The number of rotatable bonds is 6. The zero-order chi connectivity index (χ0) is 16.2. The number of nitrogens with one attached hydrogen (secondary N) is 1. The van der Waals surface area contributed by atoms with Crippen LogP contribution in [0.1, 0.15) is 29.9 Å². The molecule has 2 N–H and O–H groups in total. The minimum atomic E-state index is 0.155. The van der Waals surface area contributed by atoms with Crippen molar-refractivity contribution < 1.29 is 5.11 Å². The number of hydrogen-bond acceptors (Lipinski definition) is 3. The van der Waals surface area contributed by atoms with E-state index in [1.54, 1.807) is 0 Å². The van der Waals surface area contributed by atoms with E-state index < -0.39 is 0 Å². The van der Waals surface area contributed by atoms with Gasteiger partial charge in [0.2, 0.25) is 0 Å². The highest BCUT2D eigenvalue weighted by Gasteiger charge is 2.16. The third-order valence-corrected chi connectivity index (χ3v) is 4.27. The third kappa shape index (κ3) is 3.60. The molecule has 3 rings (SSSR count). The molecule has 120 valence electrons. The Labute approximate surface area is 136 Å². The average molecular weight is 309 g/mol. The Morgan fingerprint density at radius 3 is 2.70 bits per heavy atom. The van der Waals surface area contributed by atoms with Crippen molar-refractivity contribution in [2.45, 2.75) is 26.4 Å². The monoisotopic (exact) mass is 309 g/mol. The summed E-state index contributed by atoms with van der Waals surface area (Å²) in [7, 11) is 0. The van der Waals surface area contributed by atoms with Gasteiger partial charge in [-0.1, -0.05) is 36.4 Å². The molecule has 0 saturated heterocycles. The van der Waals surface area contributed by atoms with E-state index in [1.807, 2.05) is 13.0 Å². The fraction of sp³-hybridized carbons (Fsp3) is 0.316. The fourth-order valence-electron chi connectivity index (χ4n) is 2.98. The Kier molecular flexibility index (Phi) is 4.74. The van der Waals surface area contributed by atoms with Crippen molar-refractivity contribution in [3.8, 4) is 0 Å². The minimum Gasteiger partial charge on any atom is -0.395 e. The number of imidazole rings is 1. The molecule has 0 amide bonds. The molecule has 3 aromatic rings. The van der Waals surface area contributed by atoms with Crippen molar-refractivity contribution in [2.75, 3.05) is 13.2 Å². The first-order chi connectivity index (χ1) is 11.2. The highest BCUT2D eigenvalue weighted by Crippen LogP contribution is 2.25. The lowest BCUT2D eigenvalue weighted by atomic mass is 10.0. The number of H-pyrrole nitrogens is 1. The summed E-state index contributed by atoms with van der Waals surface area (Å²) >= 11 is 0. The van der Waals surface area contributed by atoms with E-state index in [9.17, 15) is 5.11 Å². The van der Waals surface area contributed by atoms with Crippen LogP contribution in [0.15, 0.2) is 48.5 Å². The van der Waals surface area contributed by atoms with Gasteiger partial charge in [-0.25, -0.2) is 4.98 Å². The smallest absolute Gasteiger partial charge is 0.104 e. The first kappa shape index (κ1) is 15.7. The molecule has 0 fully saturated rings. The Morgan fingerprint density at radius 1 is 1.17 bits per heavy atom. The van der Waals surface area contributed by atoms with Gasteiger partial charge in [-0.2, -0.15) is 0 Å². The topological polar surface area (TPSA) is 52.1 Å². The summed E-state index contributed by atoms with van der Waals surface area (Å²) in [4.78, 5) is 10.0. The fourth-order valence-corrected chi connectivity index (χ4v) is 2.98. The SMILES string of the molecule is Cc1nc2ccc(C(C)N(CCO)Cc3ccccc3)cc2[nH]1. The lowest BCUT2D eigenvalue weighted by Gasteiger charge is -2.29. The summed E-state index contributed by atoms with van der Waals surface area (Å²) < 4.78 is 0. The Balaban J connectivity index is 1.84. The first-order valence-corrected chi connectivity index (χ1v) is 8.02. The van der Waals surface area contributed by atoms with E-state index in [0.717, 1.165) is 23.4 Å². The zero-order valence-corrected chi connectivity index (χ0v) is 13.7. The van der Waals surface area contributed by atoms with Crippen LogP contribution >= 0.6 is 0 Å². The van der Waals surface area contributed by atoms with E-state index in [-0.39, 0.29) is 12.6 Å². The van der Waals surface area contributed by atoms with Crippen molar-refractivity contribution in [2.24, 2.45) is 0 Å². The molecule has 0 saturated carbocycles. The molecule has 1 aromatic heterocycles. The molecule has 1 heterocycles. The maximum atomic E-state index is 9.43. The maximum absolute atomic E-state index is 9.43. The normalized spacial score (nSPS) is 12.9. The van der Waals surface area contributed by atoms with Crippen molar-refractivity contribution >= 4 is 11.0 Å². The molecule has 0 bridgehead atoms. The van der Waals surface area contributed by atoms with Gasteiger partial charge in [0.15, 0.2) is 0 Å². The van der Waals surface area contributed by atoms with E-state index >= 15 is 0 Å². The van der Waals surface area contributed by atoms with E-state index in [1.165, 1.54) is 11.1 Å². The molecule has 4 nitrogen and oxygen atoms in total. The summed E-state index contributed by atoms with van der Waals surface area (Å²) in [5.41, 5.74) is 4.54. The second kappa shape index (κ2) is 6.94. The highest BCUT2D eigenvalue weighted by atomic mass is 16.3. The molecule has 2 aromatic carbocycles. The van der Waals surface area contributed by atoms with E-state index in [2.05, 4.69) is 64.3 Å². The van der Waals surface area contributed by atoms with Gasteiger partial charge < -0.3 is 10.1 Å². The molecule has 23 heavy (non-hydrogen) atoms. The van der Waals surface area contributed by atoms with Crippen LogP contribution in [0.3, 0.4) is 0 Å². The predicted octanol–water partition coefficient (Wildman–Crippen LogP) is 3.43. The van der Waals surface area contributed by atoms with Crippen LogP contribution in [0.25, 0.3) is 11.0 Å². The molecule has 0 radical (unpaired) electrons.